The van der Waals surface area contributed by atoms with Gasteiger partial charge in [0.15, 0.2) is 0 Å². The average Bonchev–Trinajstić information content (AvgIpc) is 2.52. The molecule has 0 fully saturated rings. The van der Waals surface area contributed by atoms with Gasteiger partial charge in [0.1, 0.15) is 0 Å². The van der Waals surface area contributed by atoms with Crippen molar-refractivity contribution in [2.75, 3.05) is 0 Å². The second kappa shape index (κ2) is 7.58. The molecule has 1 aromatic heterocycles. The molecule has 1 amide bonds. The zero-order valence-corrected chi connectivity index (χ0v) is 12.6. The van der Waals surface area contributed by atoms with E-state index in [0.29, 0.717) is 12.3 Å². The van der Waals surface area contributed by atoms with Gasteiger partial charge in [-0.1, -0.05) is 50.2 Å². The van der Waals surface area contributed by atoms with Crippen LogP contribution in [0.4, 0.5) is 0 Å². The summed E-state index contributed by atoms with van der Waals surface area (Å²) in [4.78, 5) is 16.2. The van der Waals surface area contributed by atoms with Crippen LogP contribution >= 0.6 is 0 Å². The molecule has 110 valence electrons. The maximum absolute atomic E-state index is 12.2. The van der Waals surface area contributed by atoms with E-state index in [1.54, 1.807) is 6.20 Å². The molecule has 21 heavy (non-hydrogen) atoms. The van der Waals surface area contributed by atoms with E-state index in [-0.39, 0.29) is 11.9 Å². The summed E-state index contributed by atoms with van der Waals surface area (Å²) in [6, 6.07) is 14.1. The predicted molar refractivity (Wildman–Crippen MR) is 84.7 cm³/mol. The fourth-order valence-electron chi connectivity index (χ4n) is 2.34. The fraction of sp³-hybridized carbons (Fsp3) is 0.333. The molecule has 0 unspecified atom stereocenters. The van der Waals surface area contributed by atoms with Crippen LogP contribution in [0.2, 0.25) is 0 Å². The topological polar surface area (TPSA) is 42.0 Å². The first-order valence-electron chi connectivity index (χ1n) is 7.40. The Morgan fingerprint density at radius 2 is 1.90 bits per heavy atom. The van der Waals surface area contributed by atoms with Gasteiger partial charge in [-0.2, -0.15) is 0 Å². The van der Waals surface area contributed by atoms with Gasteiger partial charge in [-0.25, -0.2) is 0 Å². The summed E-state index contributed by atoms with van der Waals surface area (Å²) in [7, 11) is 0. The van der Waals surface area contributed by atoms with Gasteiger partial charge in [0.25, 0.3) is 0 Å². The molecule has 0 bridgehead atoms. The molecule has 0 spiro atoms. The summed E-state index contributed by atoms with van der Waals surface area (Å²) in [6.07, 6.45) is 4.76. The molecule has 0 aliphatic heterocycles. The van der Waals surface area contributed by atoms with E-state index in [4.69, 9.17) is 0 Å². The first-order valence-corrected chi connectivity index (χ1v) is 7.40. The van der Waals surface area contributed by atoms with Crippen molar-refractivity contribution in [2.45, 2.75) is 32.7 Å². The number of pyridine rings is 1. The molecule has 0 aliphatic rings. The Hall–Kier alpha value is -2.16. The highest BCUT2D eigenvalue weighted by molar-refractivity contribution is 5.76. The Kier molecular flexibility index (Phi) is 5.50. The molecule has 1 atom stereocenters. The van der Waals surface area contributed by atoms with Crippen molar-refractivity contribution in [2.24, 2.45) is 5.92 Å². The molecule has 3 heteroatoms. The van der Waals surface area contributed by atoms with Gasteiger partial charge in [0.05, 0.1) is 6.04 Å². The van der Waals surface area contributed by atoms with Crippen molar-refractivity contribution < 1.29 is 4.79 Å². The van der Waals surface area contributed by atoms with Crippen LogP contribution < -0.4 is 5.32 Å². The summed E-state index contributed by atoms with van der Waals surface area (Å²) in [5.41, 5.74) is 2.25. The first-order chi connectivity index (χ1) is 10.2. The van der Waals surface area contributed by atoms with Crippen LogP contribution in [0.15, 0.2) is 54.9 Å². The van der Waals surface area contributed by atoms with Crippen molar-refractivity contribution in [3.63, 3.8) is 0 Å². The normalized spacial score (nSPS) is 12.1. The molecule has 0 aliphatic carbocycles. The number of carbonyl (C=O) groups is 1. The largest absolute Gasteiger partial charge is 0.349 e. The van der Waals surface area contributed by atoms with Crippen LogP contribution in [-0.4, -0.2) is 10.9 Å². The number of aromatic nitrogens is 1. The lowest BCUT2D eigenvalue weighted by molar-refractivity contribution is -0.122. The smallest absolute Gasteiger partial charge is 0.220 e. The van der Waals surface area contributed by atoms with Gasteiger partial charge in [-0.3, -0.25) is 9.78 Å². The minimum atomic E-state index is 0.0626. The van der Waals surface area contributed by atoms with Crippen LogP contribution in [0.5, 0.6) is 0 Å². The molecular weight excluding hydrogens is 260 g/mol. The summed E-state index contributed by atoms with van der Waals surface area (Å²) in [5, 5.41) is 3.14. The first kappa shape index (κ1) is 15.2. The predicted octanol–water partition coefficient (Wildman–Crippen LogP) is 3.53. The number of rotatable bonds is 6. The Morgan fingerprint density at radius 1 is 1.14 bits per heavy atom. The third-order valence-corrected chi connectivity index (χ3v) is 3.51. The van der Waals surface area contributed by atoms with E-state index in [1.165, 1.54) is 0 Å². The molecule has 3 nitrogen and oxygen atoms in total. The molecular formula is C18H22N2O. The molecule has 0 saturated heterocycles. The standard InChI is InChI=1S/C18H22N2O/c1-14(2)18(16-8-4-3-5-9-16)20-17(21)11-10-15-7-6-12-19-13-15/h3-9,12-14,18H,10-11H2,1-2H3,(H,20,21)/t18-/m1/s1. The van der Waals surface area contributed by atoms with Crippen molar-refractivity contribution in [1.82, 2.24) is 10.3 Å². The van der Waals surface area contributed by atoms with E-state index in [9.17, 15) is 4.79 Å². The number of hydrogen-bond donors (Lipinski definition) is 1. The van der Waals surface area contributed by atoms with Crippen LogP contribution in [0.25, 0.3) is 0 Å². The maximum atomic E-state index is 12.2. The Morgan fingerprint density at radius 3 is 2.52 bits per heavy atom. The lowest BCUT2D eigenvalue weighted by Crippen LogP contribution is -2.31. The summed E-state index contributed by atoms with van der Waals surface area (Å²) >= 11 is 0. The van der Waals surface area contributed by atoms with Crippen molar-refractivity contribution in [3.05, 3.63) is 66.0 Å². The number of aryl methyl sites for hydroxylation is 1. The number of benzene rings is 1. The SMILES string of the molecule is CC(C)[C@@H](NC(=O)CCc1cccnc1)c1ccccc1. The molecule has 1 aromatic carbocycles. The van der Waals surface area contributed by atoms with Gasteiger partial charge >= 0.3 is 0 Å². The van der Waals surface area contributed by atoms with Crippen LogP contribution in [0.1, 0.15) is 37.4 Å². The number of amides is 1. The highest BCUT2D eigenvalue weighted by Gasteiger charge is 2.17. The Labute approximate surface area is 126 Å². The van der Waals surface area contributed by atoms with E-state index in [0.717, 1.165) is 17.5 Å². The summed E-state index contributed by atoms with van der Waals surface area (Å²) < 4.78 is 0. The number of carbonyl (C=O) groups excluding carboxylic acids is 1. The van der Waals surface area contributed by atoms with Gasteiger partial charge in [0, 0.05) is 18.8 Å². The number of nitrogens with zero attached hydrogens (tertiary/aromatic N) is 1. The molecule has 2 rings (SSSR count). The number of hydrogen-bond acceptors (Lipinski definition) is 2. The van der Waals surface area contributed by atoms with Crippen LogP contribution in [0, 0.1) is 5.92 Å². The highest BCUT2D eigenvalue weighted by Crippen LogP contribution is 2.21. The zero-order chi connectivity index (χ0) is 15.1. The van der Waals surface area contributed by atoms with E-state index < -0.39 is 0 Å². The third kappa shape index (κ3) is 4.71. The van der Waals surface area contributed by atoms with E-state index >= 15 is 0 Å². The quantitative estimate of drug-likeness (QED) is 0.880. The van der Waals surface area contributed by atoms with Gasteiger partial charge in [-0.15, -0.1) is 0 Å². The Bertz CT molecular complexity index is 552. The van der Waals surface area contributed by atoms with Crippen LogP contribution in [-0.2, 0) is 11.2 Å². The molecule has 1 heterocycles. The van der Waals surface area contributed by atoms with Crippen molar-refractivity contribution in [3.8, 4) is 0 Å². The van der Waals surface area contributed by atoms with Crippen molar-refractivity contribution in [1.29, 1.82) is 0 Å². The molecule has 1 N–H and O–H groups in total. The molecule has 0 radical (unpaired) electrons. The van der Waals surface area contributed by atoms with E-state index in [2.05, 4.69) is 36.3 Å². The minimum absolute atomic E-state index is 0.0626. The lowest BCUT2D eigenvalue weighted by Gasteiger charge is -2.23. The molecule has 2 aromatic rings. The fourth-order valence-corrected chi connectivity index (χ4v) is 2.34. The summed E-state index contributed by atoms with van der Waals surface area (Å²) in [5.74, 6) is 0.441. The number of nitrogens with one attached hydrogen (secondary N) is 1. The third-order valence-electron chi connectivity index (χ3n) is 3.51. The lowest BCUT2D eigenvalue weighted by atomic mass is 9.96. The maximum Gasteiger partial charge on any atom is 0.220 e. The Balaban J connectivity index is 1.93. The summed E-state index contributed by atoms with van der Waals surface area (Å²) in [6.45, 7) is 4.25. The highest BCUT2D eigenvalue weighted by atomic mass is 16.1. The van der Waals surface area contributed by atoms with Crippen molar-refractivity contribution >= 4 is 5.91 Å². The second-order valence-electron chi connectivity index (χ2n) is 5.56. The average molecular weight is 282 g/mol. The zero-order valence-electron chi connectivity index (χ0n) is 12.6. The van der Waals surface area contributed by atoms with Gasteiger partial charge in [0.2, 0.25) is 5.91 Å². The van der Waals surface area contributed by atoms with Gasteiger partial charge in [-0.05, 0) is 29.5 Å². The second-order valence-corrected chi connectivity index (χ2v) is 5.56. The minimum Gasteiger partial charge on any atom is -0.349 e. The van der Waals surface area contributed by atoms with Gasteiger partial charge < -0.3 is 5.32 Å². The monoisotopic (exact) mass is 282 g/mol. The van der Waals surface area contributed by atoms with E-state index in [1.807, 2.05) is 36.5 Å². The van der Waals surface area contributed by atoms with Crippen LogP contribution in [0.3, 0.4) is 0 Å². The molecule has 0 saturated carbocycles.